The monoisotopic (exact) mass is 294 g/mol. The van der Waals surface area contributed by atoms with E-state index in [9.17, 15) is 5.11 Å². The minimum Gasteiger partial charge on any atom is -0.508 e. The van der Waals surface area contributed by atoms with E-state index in [1.165, 1.54) is 5.56 Å². The van der Waals surface area contributed by atoms with E-state index in [-0.39, 0.29) is 11.2 Å². The molecule has 0 fully saturated rings. The van der Waals surface area contributed by atoms with Gasteiger partial charge in [-0.15, -0.1) is 10.2 Å². The highest BCUT2D eigenvalue weighted by Gasteiger charge is 2.15. The Bertz CT molecular complexity index is 783. The van der Waals surface area contributed by atoms with Gasteiger partial charge in [0.25, 0.3) is 0 Å². The van der Waals surface area contributed by atoms with Crippen LogP contribution in [0.5, 0.6) is 5.75 Å². The summed E-state index contributed by atoms with van der Waals surface area (Å²) in [6, 6.07) is 14.9. The summed E-state index contributed by atoms with van der Waals surface area (Å²) in [6.45, 7) is 6.53. The number of aromatic hydroxyl groups is 1. The lowest BCUT2D eigenvalue weighted by Gasteiger charge is -2.18. The number of phenolic OH excluding ortho intramolecular Hbond substituents is 1. The van der Waals surface area contributed by atoms with Gasteiger partial charge in [0.1, 0.15) is 5.75 Å². The van der Waals surface area contributed by atoms with Crippen LogP contribution in [-0.4, -0.2) is 15.3 Å². The summed E-state index contributed by atoms with van der Waals surface area (Å²) < 4.78 is 5.70. The third-order valence-electron chi connectivity index (χ3n) is 3.52. The van der Waals surface area contributed by atoms with Crippen LogP contribution in [0.2, 0.25) is 0 Å². The van der Waals surface area contributed by atoms with Gasteiger partial charge >= 0.3 is 0 Å². The first-order valence-corrected chi connectivity index (χ1v) is 7.17. The number of rotatable bonds is 2. The lowest BCUT2D eigenvalue weighted by Crippen LogP contribution is -2.10. The molecule has 1 N–H and O–H groups in total. The fourth-order valence-corrected chi connectivity index (χ4v) is 2.21. The van der Waals surface area contributed by atoms with Gasteiger partial charge in [-0.2, -0.15) is 0 Å². The molecule has 0 saturated carbocycles. The van der Waals surface area contributed by atoms with Gasteiger partial charge in [-0.05, 0) is 41.3 Å². The van der Waals surface area contributed by atoms with Crippen molar-refractivity contribution in [1.82, 2.24) is 10.2 Å². The number of aromatic nitrogens is 2. The Morgan fingerprint density at radius 3 is 2.09 bits per heavy atom. The predicted molar refractivity (Wildman–Crippen MR) is 85.5 cm³/mol. The van der Waals surface area contributed by atoms with Crippen molar-refractivity contribution in [3.63, 3.8) is 0 Å². The van der Waals surface area contributed by atoms with Crippen LogP contribution in [0.15, 0.2) is 52.9 Å². The van der Waals surface area contributed by atoms with Crippen molar-refractivity contribution in [1.29, 1.82) is 0 Å². The summed E-state index contributed by atoms with van der Waals surface area (Å²) in [5.41, 5.74) is 2.95. The molecular formula is C18H18N2O2. The Labute approximate surface area is 129 Å². The average Bonchev–Trinajstić information content (AvgIpc) is 2.96. The van der Waals surface area contributed by atoms with Crippen LogP contribution in [0.3, 0.4) is 0 Å². The Morgan fingerprint density at radius 2 is 1.50 bits per heavy atom. The molecule has 0 radical (unpaired) electrons. The first-order chi connectivity index (χ1) is 10.4. The maximum absolute atomic E-state index is 9.52. The number of phenols is 1. The Morgan fingerprint density at radius 1 is 0.864 bits per heavy atom. The van der Waals surface area contributed by atoms with E-state index in [1.54, 1.807) is 18.2 Å². The van der Waals surface area contributed by atoms with Crippen LogP contribution in [0.1, 0.15) is 26.3 Å². The van der Waals surface area contributed by atoms with E-state index in [0.29, 0.717) is 17.3 Å². The maximum Gasteiger partial charge on any atom is 0.248 e. The standard InChI is InChI=1S/C18H18N2O2/c1-18(2,3)14-9-7-12(8-10-14)16-19-20-17(22-16)13-5-4-6-15(21)11-13/h4-11,21H,1-3H3. The number of hydrogen-bond donors (Lipinski definition) is 1. The molecule has 0 bridgehead atoms. The summed E-state index contributed by atoms with van der Waals surface area (Å²) in [5, 5.41) is 17.6. The van der Waals surface area contributed by atoms with Gasteiger partial charge in [0, 0.05) is 11.1 Å². The van der Waals surface area contributed by atoms with Crippen molar-refractivity contribution in [2.75, 3.05) is 0 Å². The first-order valence-electron chi connectivity index (χ1n) is 7.17. The molecule has 0 atom stereocenters. The molecule has 1 heterocycles. The van der Waals surface area contributed by atoms with E-state index in [0.717, 1.165) is 5.56 Å². The Kier molecular flexibility index (Phi) is 3.45. The van der Waals surface area contributed by atoms with E-state index < -0.39 is 0 Å². The minimum absolute atomic E-state index is 0.111. The SMILES string of the molecule is CC(C)(C)c1ccc(-c2nnc(-c3cccc(O)c3)o2)cc1. The average molecular weight is 294 g/mol. The zero-order valence-corrected chi connectivity index (χ0v) is 12.9. The Balaban J connectivity index is 1.91. The van der Waals surface area contributed by atoms with Crippen molar-refractivity contribution >= 4 is 0 Å². The van der Waals surface area contributed by atoms with Crippen LogP contribution >= 0.6 is 0 Å². The van der Waals surface area contributed by atoms with Crippen LogP contribution in [0.25, 0.3) is 22.9 Å². The molecule has 112 valence electrons. The largest absolute Gasteiger partial charge is 0.508 e. The number of benzene rings is 2. The number of nitrogens with zero attached hydrogens (tertiary/aromatic N) is 2. The molecule has 2 aromatic carbocycles. The topological polar surface area (TPSA) is 59.2 Å². The second-order valence-electron chi connectivity index (χ2n) is 6.29. The molecule has 0 aliphatic heterocycles. The summed E-state index contributed by atoms with van der Waals surface area (Å²) in [4.78, 5) is 0. The summed E-state index contributed by atoms with van der Waals surface area (Å²) >= 11 is 0. The van der Waals surface area contributed by atoms with E-state index in [1.807, 2.05) is 18.2 Å². The molecule has 0 aliphatic rings. The third-order valence-corrected chi connectivity index (χ3v) is 3.52. The van der Waals surface area contributed by atoms with Crippen molar-refractivity contribution in [3.8, 4) is 28.7 Å². The highest BCUT2D eigenvalue weighted by molar-refractivity contribution is 5.59. The van der Waals surface area contributed by atoms with Gasteiger partial charge in [-0.3, -0.25) is 0 Å². The molecule has 0 unspecified atom stereocenters. The fourth-order valence-electron chi connectivity index (χ4n) is 2.21. The molecule has 0 amide bonds. The highest BCUT2D eigenvalue weighted by Crippen LogP contribution is 2.28. The second kappa shape index (κ2) is 5.30. The molecular weight excluding hydrogens is 276 g/mol. The van der Waals surface area contributed by atoms with Crippen LogP contribution in [-0.2, 0) is 5.41 Å². The van der Waals surface area contributed by atoms with Gasteiger partial charge in [0.2, 0.25) is 11.8 Å². The van der Waals surface area contributed by atoms with Gasteiger partial charge in [0.15, 0.2) is 0 Å². The lowest BCUT2D eigenvalue weighted by atomic mass is 9.87. The smallest absolute Gasteiger partial charge is 0.248 e. The van der Waals surface area contributed by atoms with Crippen LogP contribution < -0.4 is 0 Å². The van der Waals surface area contributed by atoms with Crippen molar-refractivity contribution in [2.45, 2.75) is 26.2 Å². The molecule has 0 aliphatic carbocycles. The lowest BCUT2D eigenvalue weighted by molar-refractivity contribution is 0.475. The third kappa shape index (κ3) is 2.86. The van der Waals surface area contributed by atoms with Gasteiger partial charge < -0.3 is 9.52 Å². The van der Waals surface area contributed by atoms with Gasteiger partial charge in [-0.25, -0.2) is 0 Å². The summed E-state index contributed by atoms with van der Waals surface area (Å²) in [6.07, 6.45) is 0. The van der Waals surface area contributed by atoms with Gasteiger partial charge in [0.05, 0.1) is 0 Å². The molecule has 0 spiro atoms. The molecule has 4 heteroatoms. The van der Waals surface area contributed by atoms with Crippen molar-refractivity contribution in [2.24, 2.45) is 0 Å². The van der Waals surface area contributed by atoms with E-state index >= 15 is 0 Å². The first kappa shape index (κ1) is 14.3. The van der Waals surface area contributed by atoms with Crippen LogP contribution in [0.4, 0.5) is 0 Å². The quantitative estimate of drug-likeness (QED) is 0.760. The predicted octanol–water partition coefficient (Wildman–Crippen LogP) is 4.41. The summed E-state index contributed by atoms with van der Waals surface area (Å²) in [7, 11) is 0. The normalized spacial score (nSPS) is 11.6. The molecule has 1 aromatic heterocycles. The van der Waals surface area contributed by atoms with Crippen LogP contribution in [0, 0.1) is 0 Å². The fraction of sp³-hybridized carbons (Fsp3) is 0.222. The molecule has 4 nitrogen and oxygen atoms in total. The van der Waals surface area contributed by atoms with Crippen molar-refractivity contribution in [3.05, 3.63) is 54.1 Å². The highest BCUT2D eigenvalue weighted by atomic mass is 16.4. The second-order valence-corrected chi connectivity index (χ2v) is 6.29. The maximum atomic E-state index is 9.52. The zero-order valence-electron chi connectivity index (χ0n) is 12.9. The van der Waals surface area contributed by atoms with E-state index in [4.69, 9.17) is 4.42 Å². The van der Waals surface area contributed by atoms with Crippen molar-refractivity contribution < 1.29 is 9.52 Å². The molecule has 22 heavy (non-hydrogen) atoms. The van der Waals surface area contributed by atoms with E-state index in [2.05, 4.69) is 43.1 Å². The summed E-state index contributed by atoms with van der Waals surface area (Å²) in [5.74, 6) is 1.04. The van der Waals surface area contributed by atoms with Gasteiger partial charge in [-0.1, -0.05) is 39.0 Å². The molecule has 3 aromatic rings. The Hall–Kier alpha value is -2.62. The molecule has 0 saturated heterocycles. The zero-order chi connectivity index (χ0) is 15.7. The molecule has 3 rings (SSSR count). The minimum atomic E-state index is 0.111. The number of hydrogen-bond acceptors (Lipinski definition) is 4.